The molecule has 0 spiro atoms. The number of methoxy groups -OCH3 is 1. The van der Waals surface area contributed by atoms with E-state index in [1.165, 1.54) is 16.2 Å². The van der Waals surface area contributed by atoms with Crippen molar-refractivity contribution in [3.05, 3.63) is 48.7 Å². The van der Waals surface area contributed by atoms with Gasteiger partial charge in [0.05, 0.1) is 36.1 Å². The van der Waals surface area contributed by atoms with Crippen LogP contribution in [0.25, 0.3) is 26.7 Å². The summed E-state index contributed by atoms with van der Waals surface area (Å²) in [6.07, 6.45) is 6.68. The number of carbonyl (C=O) groups excluding carboxylic acids is 5. The Balaban J connectivity index is 0.00000262. The quantitative estimate of drug-likeness (QED) is 0.108. The second-order valence-corrected chi connectivity index (χ2v) is 15.1. The van der Waals surface area contributed by atoms with Crippen molar-refractivity contribution in [2.24, 2.45) is 5.92 Å². The molecule has 0 aliphatic carbocycles. The number of hydrogen-bond acceptors (Lipinski definition) is 10. The summed E-state index contributed by atoms with van der Waals surface area (Å²) in [5.41, 5.74) is 2.04. The first-order chi connectivity index (χ1) is 26.1. The van der Waals surface area contributed by atoms with Crippen LogP contribution in [-0.2, 0) is 35.2 Å². The van der Waals surface area contributed by atoms with E-state index in [9.17, 15) is 24.0 Å². The summed E-state index contributed by atoms with van der Waals surface area (Å²) >= 11 is 1.47. The van der Waals surface area contributed by atoms with Gasteiger partial charge in [-0.05, 0) is 50.7 Å². The molecular weight excluding hydrogens is 727 g/mol. The molecule has 0 fully saturated rings. The van der Waals surface area contributed by atoms with Gasteiger partial charge in [0.2, 0.25) is 24.1 Å². The van der Waals surface area contributed by atoms with Crippen molar-refractivity contribution in [1.82, 2.24) is 39.8 Å². The summed E-state index contributed by atoms with van der Waals surface area (Å²) in [5.74, 6) is 0.0282. The average molecular weight is 782 g/mol. The standard InChI is InChI=1S/C36H49N9O6S.C2H6O/c1-8-14-43(31(48)17-38-35(50)51-36(5,6)7)21-30(47)41-29-20-45-18-27(52-34(45)42-29)25-12-10-24(11-13-25)26-16-37-28(40-26)19-44(15-9-2)33(49)32(23(3)4)39-22-46;1-3-2/h10-13,16,18,20,22-23,32H,8-9,14-15,17,19,21H2,1-7H3,(H,37,40)(H,38,50)(H,39,46)(H,41,47);1-2H3. The lowest BCUT2D eigenvalue weighted by molar-refractivity contribution is -0.136. The third kappa shape index (κ3) is 13.5. The Kier molecular flexibility index (Phi) is 16.8. The van der Waals surface area contributed by atoms with E-state index in [1.807, 2.05) is 62.6 Å². The lowest BCUT2D eigenvalue weighted by atomic mass is 10.0. The lowest BCUT2D eigenvalue weighted by Crippen LogP contribution is -2.49. The molecule has 55 heavy (non-hydrogen) atoms. The molecule has 0 aliphatic heterocycles. The normalized spacial score (nSPS) is 11.7. The van der Waals surface area contributed by atoms with Crippen LogP contribution in [-0.4, -0.2) is 111 Å². The Labute approximate surface area is 326 Å². The van der Waals surface area contributed by atoms with Gasteiger partial charge in [-0.2, -0.15) is 0 Å². The van der Waals surface area contributed by atoms with E-state index in [0.717, 1.165) is 28.1 Å². The maximum Gasteiger partial charge on any atom is 0.408 e. The van der Waals surface area contributed by atoms with Crippen molar-refractivity contribution in [2.45, 2.75) is 79.5 Å². The molecule has 5 amide bonds. The number of thiazole rings is 1. The number of nitrogens with zero attached hydrogens (tertiary/aromatic N) is 5. The van der Waals surface area contributed by atoms with Crippen molar-refractivity contribution < 1.29 is 33.4 Å². The summed E-state index contributed by atoms with van der Waals surface area (Å²) in [4.78, 5) is 79.0. The van der Waals surface area contributed by atoms with Crippen molar-refractivity contribution in [1.29, 1.82) is 0 Å². The zero-order chi connectivity index (χ0) is 40.7. The molecule has 3 aromatic heterocycles. The second kappa shape index (κ2) is 21.0. The van der Waals surface area contributed by atoms with Crippen LogP contribution in [0.3, 0.4) is 0 Å². The van der Waals surface area contributed by atoms with Gasteiger partial charge in [-0.1, -0.05) is 63.3 Å². The van der Waals surface area contributed by atoms with Crippen LogP contribution in [0.5, 0.6) is 0 Å². The van der Waals surface area contributed by atoms with Crippen LogP contribution in [0.15, 0.2) is 42.9 Å². The summed E-state index contributed by atoms with van der Waals surface area (Å²) < 4.78 is 11.3. The number of aromatic amines is 1. The van der Waals surface area contributed by atoms with Crippen molar-refractivity contribution in [3.63, 3.8) is 0 Å². The van der Waals surface area contributed by atoms with Gasteiger partial charge < -0.3 is 40.2 Å². The van der Waals surface area contributed by atoms with Crippen LogP contribution >= 0.6 is 11.3 Å². The predicted molar refractivity (Wildman–Crippen MR) is 212 cm³/mol. The number of rotatable bonds is 17. The van der Waals surface area contributed by atoms with Gasteiger partial charge in [-0.15, -0.1) is 0 Å². The van der Waals surface area contributed by atoms with Gasteiger partial charge in [0.1, 0.15) is 24.0 Å². The Morgan fingerprint density at radius 2 is 1.64 bits per heavy atom. The molecule has 0 saturated heterocycles. The minimum absolute atomic E-state index is 0.0493. The van der Waals surface area contributed by atoms with Gasteiger partial charge in [-0.3, -0.25) is 23.6 Å². The highest BCUT2D eigenvalue weighted by Crippen LogP contribution is 2.31. The SMILES string of the molecule is CCCN(CC(=O)Nc1cn2cc(-c3ccc(-c4cnc(CN(CCC)C(=O)C(NC=O)C(C)C)[nH]4)cc3)sc2n1)C(=O)CNC(=O)OC(C)(C)C.COC. The second-order valence-electron chi connectivity index (χ2n) is 14.1. The van der Waals surface area contributed by atoms with Gasteiger partial charge >= 0.3 is 6.09 Å². The molecule has 3 heterocycles. The monoisotopic (exact) mass is 781 g/mol. The zero-order valence-corrected chi connectivity index (χ0v) is 34.0. The number of benzene rings is 1. The molecule has 1 atom stereocenters. The van der Waals surface area contributed by atoms with E-state index < -0.39 is 29.6 Å². The summed E-state index contributed by atoms with van der Waals surface area (Å²) in [7, 11) is 3.25. The van der Waals surface area contributed by atoms with Crippen LogP contribution < -0.4 is 16.0 Å². The zero-order valence-electron chi connectivity index (χ0n) is 33.2. The first-order valence-corrected chi connectivity index (χ1v) is 19.0. The fraction of sp³-hybridized carbons (Fsp3) is 0.500. The third-order valence-corrected chi connectivity index (χ3v) is 8.87. The van der Waals surface area contributed by atoms with E-state index >= 15 is 0 Å². The van der Waals surface area contributed by atoms with Crippen LogP contribution in [0.4, 0.5) is 10.6 Å². The van der Waals surface area contributed by atoms with E-state index in [1.54, 1.807) is 52.3 Å². The number of imidazole rings is 2. The van der Waals surface area contributed by atoms with Crippen LogP contribution in [0, 0.1) is 5.92 Å². The number of hydrogen-bond donors (Lipinski definition) is 4. The van der Waals surface area contributed by atoms with Gasteiger partial charge in [0.15, 0.2) is 10.8 Å². The van der Waals surface area contributed by atoms with Gasteiger partial charge in [-0.25, -0.2) is 14.8 Å². The Morgan fingerprint density at radius 1 is 1.00 bits per heavy atom. The van der Waals surface area contributed by atoms with Crippen LogP contribution in [0.2, 0.25) is 0 Å². The minimum atomic E-state index is -0.700. The van der Waals surface area contributed by atoms with E-state index in [0.29, 0.717) is 49.1 Å². The molecule has 0 aliphatic rings. The van der Waals surface area contributed by atoms with Crippen molar-refractivity contribution in [3.8, 4) is 21.7 Å². The molecule has 1 aromatic carbocycles. The maximum absolute atomic E-state index is 13.2. The summed E-state index contributed by atoms with van der Waals surface area (Å²) in [6.45, 7) is 13.6. The van der Waals surface area contributed by atoms with E-state index in [-0.39, 0.29) is 24.9 Å². The first-order valence-electron chi connectivity index (χ1n) is 18.2. The number of ether oxygens (including phenoxy) is 2. The Morgan fingerprint density at radius 3 is 2.22 bits per heavy atom. The number of H-pyrrole nitrogens is 1. The molecule has 16 nitrogen and oxygen atoms in total. The Bertz CT molecular complexity index is 1830. The number of nitrogens with one attached hydrogen (secondary N) is 4. The number of alkyl carbamates (subject to hydrolysis) is 1. The highest BCUT2D eigenvalue weighted by atomic mass is 32.1. The number of anilines is 1. The average Bonchev–Trinajstić information content (AvgIpc) is 3.84. The molecule has 4 rings (SSSR count). The minimum Gasteiger partial charge on any atom is -0.444 e. The molecule has 300 valence electrons. The first kappa shape index (κ1) is 44.1. The fourth-order valence-electron chi connectivity index (χ4n) is 5.42. The number of aromatic nitrogens is 4. The largest absolute Gasteiger partial charge is 0.444 e. The molecule has 0 bridgehead atoms. The van der Waals surface area contributed by atoms with E-state index in [4.69, 9.17) is 4.74 Å². The maximum atomic E-state index is 13.2. The summed E-state index contributed by atoms with van der Waals surface area (Å²) in [6, 6.07) is 7.39. The van der Waals surface area contributed by atoms with Crippen molar-refractivity contribution >= 4 is 52.3 Å². The Hall–Kier alpha value is -5.29. The molecule has 0 saturated carbocycles. The molecule has 17 heteroatoms. The van der Waals surface area contributed by atoms with Crippen LogP contribution in [0.1, 0.15) is 67.1 Å². The fourth-order valence-corrected chi connectivity index (χ4v) is 6.39. The molecule has 4 N–H and O–H groups in total. The number of carbonyl (C=O) groups is 5. The van der Waals surface area contributed by atoms with Gasteiger partial charge in [0.25, 0.3) is 0 Å². The highest BCUT2D eigenvalue weighted by molar-refractivity contribution is 7.20. The number of amides is 5. The van der Waals surface area contributed by atoms with Gasteiger partial charge in [0, 0.05) is 33.5 Å². The van der Waals surface area contributed by atoms with E-state index in [2.05, 4.69) is 35.6 Å². The number of fused-ring (bicyclic) bond motifs is 1. The summed E-state index contributed by atoms with van der Waals surface area (Å²) in [5, 5.41) is 7.86. The topological polar surface area (TPSA) is 192 Å². The third-order valence-electron chi connectivity index (χ3n) is 7.82. The predicted octanol–water partition coefficient (Wildman–Crippen LogP) is 4.93. The smallest absolute Gasteiger partial charge is 0.408 e. The lowest BCUT2D eigenvalue weighted by Gasteiger charge is -2.28. The molecule has 1 unspecified atom stereocenters. The molecule has 4 aromatic rings. The highest BCUT2D eigenvalue weighted by Gasteiger charge is 2.27. The molecule has 0 radical (unpaired) electrons. The molecular formula is C38H55N9O7S. The van der Waals surface area contributed by atoms with Crippen molar-refractivity contribution in [2.75, 3.05) is 45.7 Å².